The minimum absolute atomic E-state index is 0.107. The molecule has 1 aliphatic rings. The van der Waals surface area contributed by atoms with Gasteiger partial charge in [-0.15, -0.1) is 5.10 Å². The van der Waals surface area contributed by atoms with Crippen molar-refractivity contribution in [1.82, 2.24) is 10.2 Å². The molecule has 1 aromatic heterocycles. The van der Waals surface area contributed by atoms with Crippen LogP contribution in [0.25, 0.3) is 11.3 Å². The SMILES string of the molecule is Cc1ccc(C2C(C#N)=C(N)Oc3n[nH]c(-c4ccc(CC(C)C)cc4)c32)cc1. The van der Waals surface area contributed by atoms with Gasteiger partial charge in [-0.2, -0.15) is 5.26 Å². The number of ether oxygens (including phenoxy) is 1. The molecule has 3 aromatic rings. The number of nitrogens with zero attached hydrogens (tertiary/aromatic N) is 2. The number of nitriles is 1. The summed E-state index contributed by atoms with van der Waals surface area (Å²) in [5, 5.41) is 17.2. The van der Waals surface area contributed by atoms with E-state index in [-0.39, 0.29) is 11.8 Å². The number of rotatable bonds is 4. The molecule has 3 N–H and O–H groups in total. The molecule has 0 bridgehead atoms. The zero-order chi connectivity index (χ0) is 20.5. The molecule has 2 heterocycles. The van der Waals surface area contributed by atoms with Crippen LogP contribution >= 0.6 is 0 Å². The van der Waals surface area contributed by atoms with Crippen molar-refractivity contribution in [1.29, 1.82) is 5.26 Å². The number of benzene rings is 2. The van der Waals surface area contributed by atoms with E-state index in [4.69, 9.17) is 10.5 Å². The molecule has 1 unspecified atom stereocenters. The molecule has 0 radical (unpaired) electrons. The summed E-state index contributed by atoms with van der Waals surface area (Å²) in [6, 6.07) is 18.8. The lowest BCUT2D eigenvalue weighted by atomic mass is 9.82. The maximum atomic E-state index is 9.79. The van der Waals surface area contributed by atoms with Crippen molar-refractivity contribution < 1.29 is 4.74 Å². The van der Waals surface area contributed by atoms with Crippen molar-refractivity contribution in [3.63, 3.8) is 0 Å². The molecule has 0 fully saturated rings. The van der Waals surface area contributed by atoms with Crippen LogP contribution in [0.15, 0.2) is 60.0 Å². The fourth-order valence-corrected chi connectivity index (χ4v) is 3.84. The van der Waals surface area contributed by atoms with E-state index in [0.717, 1.165) is 34.4 Å². The van der Waals surface area contributed by atoms with E-state index in [0.29, 0.717) is 17.4 Å². The number of fused-ring (bicyclic) bond motifs is 1. The third-order valence-corrected chi connectivity index (χ3v) is 5.24. The molecule has 5 heteroatoms. The molecule has 0 saturated carbocycles. The van der Waals surface area contributed by atoms with Crippen LogP contribution in [0.2, 0.25) is 0 Å². The van der Waals surface area contributed by atoms with Crippen molar-refractivity contribution >= 4 is 0 Å². The lowest BCUT2D eigenvalue weighted by Gasteiger charge is -2.24. The Kier molecular flexibility index (Phi) is 4.85. The van der Waals surface area contributed by atoms with E-state index in [1.54, 1.807) is 0 Å². The largest absolute Gasteiger partial charge is 0.420 e. The standard InChI is InChI=1S/C24H24N4O/c1-14(2)12-16-6-10-18(11-7-16)22-21-20(17-8-4-15(3)5-9-17)19(13-25)23(26)29-24(21)28-27-22/h4-11,14,20H,12,26H2,1-3H3,(H,27,28). The molecule has 0 amide bonds. The van der Waals surface area contributed by atoms with Crippen molar-refractivity contribution in [2.75, 3.05) is 0 Å². The summed E-state index contributed by atoms with van der Waals surface area (Å²) in [5.41, 5.74) is 12.6. The molecule has 0 aliphatic carbocycles. The summed E-state index contributed by atoms with van der Waals surface area (Å²) in [5.74, 6) is 0.809. The number of aromatic amines is 1. The topological polar surface area (TPSA) is 87.7 Å². The molecule has 1 atom stereocenters. The first kappa shape index (κ1) is 18.8. The number of aryl methyl sites for hydroxylation is 1. The highest BCUT2D eigenvalue weighted by atomic mass is 16.5. The van der Waals surface area contributed by atoms with Gasteiger partial charge in [0.15, 0.2) is 0 Å². The number of aromatic nitrogens is 2. The number of H-pyrrole nitrogens is 1. The monoisotopic (exact) mass is 384 g/mol. The molecule has 2 aromatic carbocycles. The van der Waals surface area contributed by atoms with Crippen LogP contribution in [0.1, 0.15) is 42.0 Å². The number of nitrogens with two attached hydrogens (primary N) is 1. The number of hydrogen-bond acceptors (Lipinski definition) is 4. The summed E-state index contributed by atoms with van der Waals surface area (Å²) in [6.07, 6.45) is 1.04. The molecule has 29 heavy (non-hydrogen) atoms. The van der Waals surface area contributed by atoms with Gasteiger partial charge in [-0.05, 0) is 30.4 Å². The summed E-state index contributed by atoms with van der Waals surface area (Å²) in [4.78, 5) is 0. The Morgan fingerprint density at radius 2 is 1.83 bits per heavy atom. The fraction of sp³-hybridized carbons (Fsp3) is 0.250. The average Bonchev–Trinajstić information content (AvgIpc) is 3.11. The molecular weight excluding hydrogens is 360 g/mol. The van der Waals surface area contributed by atoms with Crippen molar-refractivity contribution in [2.24, 2.45) is 11.7 Å². The summed E-state index contributed by atoms with van der Waals surface area (Å²) in [6.45, 7) is 6.46. The number of hydrogen-bond donors (Lipinski definition) is 2. The van der Waals surface area contributed by atoms with Gasteiger partial charge in [0.1, 0.15) is 11.6 Å². The summed E-state index contributed by atoms with van der Waals surface area (Å²) >= 11 is 0. The molecule has 146 valence electrons. The highest BCUT2D eigenvalue weighted by Crippen LogP contribution is 2.45. The first-order chi connectivity index (χ1) is 14.0. The normalized spacial score (nSPS) is 15.8. The predicted octanol–water partition coefficient (Wildman–Crippen LogP) is 4.80. The van der Waals surface area contributed by atoms with Gasteiger partial charge < -0.3 is 10.5 Å². The Balaban J connectivity index is 1.82. The van der Waals surface area contributed by atoms with E-state index in [1.165, 1.54) is 5.56 Å². The van der Waals surface area contributed by atoms with Gasteiger partial charge in [-0.3, -0.25) is 5.10 Å². The lowest BCUT2D eigenvalue weighted by Crippen LogP contribution is -2.21. The minimum atomic E-state index is -0.326. The molecule has 5 nitrogen and oxygen atoms in total. The molecule has 4 rings (SSSR count). The van der Waals surface area contributed by atoms with Crippen LogP contribution in [0.4, 0.5) is 0 Å². The van der Waals surface area contributed by atoms with Gasteiger partial charge >= 0.3 is 0 Å². The maximum Gasteiger partial charge on any atom is 0.244 e. The van der Waals surface area contributed by atoms with Crippen LogP contribution in [-0.4, -0.2) is 10.2 Å². The third kappa shape index (κ3) is 3.50. The van der Waals surface area contributed by atoms with E-state index < -0.39 is 0 Å². The Bertz CT molecular complexity index is 1100. The van der Waals surface area contributed by atoms with E-state index in [1.807, 2.05) is 31.2 Å². The van der Waals surface area contributed by atoms with Crippen LogP contribution < -0.4 is 10.5 Å². The van der Waals surface area contributed by atoms with Crippen LogP contribution in [0, 0.1) is 24.2 Å². The van der Waals surface area contributed by atoms with E-state index in [2.05, 4.69) is 54.4 Å². The van der Waals surface area contributed by atoms with Crippen molar-refractivity contribution in [3.05, 3.63) is 82.2 Å². The first-order valence-electron chi connectivity index (χ1n) is 9.79. The van der Waals surface area contributed by atoms with Crippen LogP contribution in [-0.2, 0) is 6.42 Å². The van der Waals surface area contributed by atoms with Gasteiger partial charge in [0.25, 0.3) is 0 Å². The highest BCUT2D eigenvalue weighted by molar-refractivity contribution is 5.71. The fourth-order valence-electron chi connectivity index (χ4n) is 3.84. The van der Waals surface area contributed by atoms with Gasteiger partial charge in [0.2, 0.25) is 11.8 Å². The van der Waals surface area contributed by atoms with Gasteiger partial charge in [0.05, 0.1) is 17.2 Å². The second-order valence-electron chi connectivity index (χ2n) is 7.95. The first-order valence-corrected chi connectivity index (χ1v) is 9.79. The Morgan fingerprint density at radius 3 is 2.45 bits per heavy atom. The van der Waals surface area contributed by atoms with Gasteiger partial charge in [-0.1, -0.05) is 67.9 Å². The minimum Gasteiger partial charge on any atom is -0.420 e. The van der Waals surface area contributed by atoms with Crippen LogP contribution in [0.3, 0.4) is 0 Å². The van der Waals surface area contributed by atoms with Crippen molar-refractivity contribution in [2.45, 2.75) is 33.1 Å². The lowest BCUT2D eigenvalue weighted by molar-refractivity contribution is 0.379. The third-order valence-electron chi connectivity index (χ3n) is 5.24. The zero-order valence-corrected chi connectivity index (χ0v) is 16.9. The van der Waals surface area contributed by atoms with Crippen molar-refractivity contribution in [3.8, 4) is 23.2 Å². The second-order valence-corrected chi connectivity index (χ2v) is 7.95. The number of nitrogens with one attached hydrogen (secondary N) is 1. The molecule has 0 saturated heterocycles. The van der Waals surface area contributed by atoms with E-state index in [9.17, 15) is 5.26 Å². The molecular formula is C24H24N4O. The Hall–Kier alpha value is -3.52. The quantitative estimate of drug-likeness (QED) is 0.676. The summed E-state index contributed by atoms with van der Waals surface area (Å²) < 4.78 is 5.68. The Labute approximate surface area is 170 Å². The smallest absolute Gasteiger partial charge is 0.244 e. The average molecular weight is 384 g/mol. The van der Waals surface area contributed by atoms with Gasteiger partial charge in [0, 0.05) is 5.56 Å². The molecule has 1 aliphatic heterocycles. The van der Waals surface area contributed by atoms with Crippen LogP contribution in [0.5, 0.6) is 5.88 Å². The Morgan fingerprint density at radius 1 is 1.14 bits per heavy atom. The maximum absolute atomic E-state index is 9.79. The number of allylic oxidation sites excluding steroid dienone is 1. The summed E-state index contributed by atoms with van der Waals surface area (Å²) in [7, 11) is 0. The second kappa shape index (κ2) is 7.48. The zero-order valence-electron chi connectivity index (χ0n) is 16.9. The molecule has 0 spiro atoms. The van der Waals surface area contributed by atoms with E-state index >= 15 is 0 Å². The van der Waals surface area contributed by atoms with Gasteiger partial charge in [-0.25, -0.2) is 0 Å². The highest BCUT2D eigenvalue weighted by Gasteiger charge is 2.35. The predicted molar refractivity (Wildman–Crippen MR) is 113 cm³/mol.